The average Bonchev–Trinajstić information content (AvgIpc) is 3.08. The highest BCUT2D eigenvalue weighted by molar-refractivity contribution is 5.93. The van der Waals surface area contributed by atoms with E-state index in [1.54, 1.807) is 6.07 Å². The van der Waals surface area contributed by atoms with Crippen LogP contribution in [-0.2, 0) is 7.05 Å². The van der Waals surface area contributed by atoms with Gasteiger partial charge in [-0.1, -0.05) is 6.07 Å². The number of nitrogens with one attached hydrogen (secondary N) is 1. The summed E-state index contributed by atoms with van der Waals surface area (Å²) in [6, 6.07) is 7.13. The summed E-state index contributed by atoms with van der Waals surface area (Å²) in [5.74, 6) is -1.38. The minimum Gasteiger partial charge on any atom is -0.347 e. The van der Waals surface area contributed by atoms with Gasteiger partial charge >= 0.3 is 0 Å². The van der Waals surface area contributed by atoms with Crippen LogP contribution < -0.4 is 5.32 Å². The Kier molecular flexibility index (Phi) is 3.27. The molecule has 5 heteroatoms. The lowest BCUT2D eigenvalue weighted by Gasteiger charge is -2.07. The maximum absolute atomic E-state index is 13.7. The molecular weight excluding hydrogens is 274 g/mol. The topological polar surface area (TPSA) is 34.0 Å². The third-order valence-electron chi connectivity index (χ3n) is 4.07. The van der Waals surface area contributed by atoms with Crippen LogP contribution in [0, 0.1) is 18.6 Å². The van der Waals surface area contributed by atoms with E-state index in [-0.39, 0.29) is 17.9 Å². The molecule has 1 aromatic heterocycles. The van der Waals surface area contributed by atoms with Gasteiger partial charge in [-0.25, -0.2) is 8.78 Å². The van der Waals surface area contributed by atoms with Gasteiger partial charge in [-0.15, -0.1) is 0 Å². The van der Waals surface area contributed by atoms with Crippen LogP contribution in [0.3, 0.4) is 0 Å². The molecule has 2 atom stereocenters. The molecule has 0 bridgehead atoms. The van der Waals surface area contributed by atoms with Crippen LogP contribution in [0.25, 0.3) is 0 Å². The first-order chi connectivity index (χ1) is 9.97. The van der Waals surface area contributed by atoms with Gasteiger partial charge < -0.3 is 9.88 Å². The molecule has 1 aliphatic rings. The lowest BCUT2D eigenvalue weighted by atomic mass is 10.1. The Balaban J connectivity index is 1.69. The second-order valence-electron chi connectivity index (χ2n) is 5.51. The summed E-state index contributed by atoms with van der Waals surface area (Å²) in [4.78, 5) is 12.2. The molecule has 0 radical (unpaired) electrons. The molecule has 0 aliphatic heterocycles. The van der Waals surface area contributed by atoms with Crippen molar-refractivity contribution in [1.29, 1.82) is 0 Å². The van der Waals surface area contributed by atoms with Crippen LogP contribution in [0.4, 0.5) is 8.78 Å². The van der Waals surface area contributed by atoms with Crippen LogP contribution in [0.5, 0.6) is 0 Å². The molecule has 1 amide bonds. The van der Waals surface area contributed by atoms with E-state index in [0.29, 0.717) is 17.7 Å². The van der Waals surface area contributed by atoms with E-state index in [4.69, 9.17) is 0 Å². The third kappa shape index (κ3) is 2.55. The Bertz CT molecular complexity index is 708. The van der Waals surface area contributed by atoms with E-state index >= 15 is 0 Å². The van der Waals surface area contributed by atoms with Gasteiger partial charge in [0.05, 0.1) is 0 Å². The van der Waals surface area contributed by atoms with Crippen molar-refractivity contribution in [3.8, 4) is 0 Å². The first-order valence-electron chi connectivity index (χ1n) is 6.85. The predicted octanol–water partition coefficient (Wildman–Crippen LogP) is 2.90. The highest BCUT2D eigenvalue weighted by atomic mass is 19.1. The van der Waals surface area contributed by atoms with Crippen molar-refractivity contribution in [2.45, 2.75) is 25.3 Å². The molecule has 0 saturated heterocycles. The molecule has 1 saturated carbocycles. The summed E-state index contributed by atoms with van der Waals surface area (Å²) >= 11 is 0. The number of aryl methyl sites for hydroxylation is 1. The smallest absolute Gasteiger partial charge is 0.268 e. The first kappa shape index (κ1) is 13.8. The standard InChI is InChI=1S/C16H16F2N2O/c1-9-3-6-15(20(9)2)16(21)19-14-8-12(14)11-5-4-10(17)7-13(11)18/h3-7,12,14H,8H2,1-2H3,(H,19,21)/t12-,14+/m1/s1. The van der Waals surface area contributed by atoms with Gasteiger partial charge in [0.1, 0.15) is 17.3 Å². The number of amides is 1. The Morgan fingerprint density at radius 2 is 2.05 bits per heavy atom. The molecular formula is C16H16F2N2O. The molecule has 2 aromatic rings. The molecule has 0 spiro atoms. The molecule has 1 N–H and O–H groups in total. The van der Waals surface area contributed by atoms with Gasteiger partial charge in [0.2, 0.25) is 0 Å². The van der Waals surface area contributed by atoms with Crippen molar-refractivity contribution < 1.29 is 13.6 Å². The fourth-order valence-electron chi connectivity index (χ4n) is 2.58. The summed E-state index contributed by atoms with van der Waals surface area (Å²) in [6.45, 7) is 1.92. The highest BCUT2D eigenvalue weighted by Gasteiger charge is 2.41. The number of carbonyl (C=O) groups excluding carboxylic acids is 1. The third-order valence-corrected chi connectivity index (χ3v) is 4.07. The fourth-order valence-corrected chi connectivity index (χ4v) is 2.58. The molecule has 110 valence electrons. The van der Waals surface area contributed by atoms with Crippen LogP contribution in [0.15, 0.2) is 30.3 Å². The van der Waals surface area contributed by atoms with Crippen molar-refractivity contribution >= 4 is 5.91 Å². The molecule has 3 nitrogen and oxygen atoms in total. The Morgan fingerprint density at radius 3 is 2.67 bits per heavy atom. The van der Waals surface area contributed by atoms with Crippen molar-refractivity contribution in [2.75, 3.05) is 0 Å². The fraction of sp³-hybridized carbons (Fsp3) is 0.312. The number of hydrogen-bond acceptors (Lipinski definition) is 1. The van der Waals surface area contributed by atoms with E-state index < -0.39 is 11.6 Å². The molecule has 1 heterocycles. The SMILES string of the molecule is Cc1ccc(C(=O)N[C@H]2C[C@@H]2c2ccc(F)cc2F)n1C. The van der Waals surface area contributed by atoms with Gasteiger partial charge in [0, 0.05) is 30.8 Å². The molecule has 21 heavy (non-hydrogen) atoms. The monoisotopic (exact) mass is 290 g/mol. The van der Waals surface area contributed by atoms with E-state index in [9.17, 15) is 13.6 Å². The van der Waals surface area contributed by atoms with Crippen molar-refractivity contribution in [1.82, 2.24) is 9.88 Å². The quantitative estimate of drug-likeness (QED) is 0.926. The second kappa shape index (κ2) is 4.98. The summed E-state index contributed by atoms with van der Waals surface area (Å²) in [5, 5.41) is 2.89. The number of nitrogens with zero attached hydrogens (tertiary/aromatic N) is 1. The number of carbonyl (C=O) groups is 1. The van der Waals surface area contributed by atoms with E-state index in [1.807, 2.05) is 24.6 Å². The zero-order valence-electron chi connectivity index (χ0n) is 11.9. The number of halogens is 2. The number of benzene rings is 1. The summed E-state index contributed by atoms with van der Waals surface area (Å²) in [7, 11) is 1.83. The largest absolute Gasteiger partial charge is 0.347 e. The minimum atomic E-state index is -0.586. The second-order valence-corrected chi connectivity index (χ2v) is 5.51. The Hall–Kier alpha value is -2.17. The zero-order valence-corrected chi connectivity index (χ0v) is 11.9. The number of hydrogen-bond donors (Lipinski definition) is 1. The maximum atomic E-state index is 13.7. The van der Waals surface area contributed by atoms with Gasteiger partial charge in [-0.3, -0.25) is 4.79 Å². The van der Waals surface area contributed by atoms with Crippen molar-refractivity contribution in [2.24, 2.45) is 7.05 Å². The normalized spacial score (nSPS) is 20.4. The first-order valence-corrected chi connectivity index (χ1v) is 6.85. The van der Waals surface area contributed by atoms with E-state index in [2.05, 4.69) is 5.32 Å². The Morgan fingerprint density at radius 1 is 1.29 bits per heavy atom. The zero-order chi connectivity index (χ0) is 15.1. The highest BCUT2D eigenvalue weighted by Crippen LogP contribution is 2.42. The molecule has 3 rings (SSSR count). The van der Waals surface area contributed by atoms with Gasteiger partial charge in [-0.2, -0.15) is 0 Å². The number of rotatable bonds is 3. The molecule has 1 aliphatic carbocycles. The Labute approximate surface area is 121 Å². The van der Waals surface area contributed by atoms with E-state index in [0.717, 1.165) is 11.8 Å². The van der Waals surface area contributed by atoms with E-state index in [1.165, 1.54) is 12.1 Å². The lowest BCUT2D eigenvalue weighted by Crippen LogP contribution is -2.28. The minimum absolute atomic E-state index is 0.0732. The van der Waals surface area contributed by atoms with Crippen molar-refractivity contribution in [3.63, 3.8) is 0 Å². The van der Waals surface area contributed by atoms with Gasteiger partial charge in [0.15, 0.2) is 0 Å². The van der Waals surface area contributed by atoms with Crippen LogP contribution in [-0.4, -0.2) is 16.5 Å². The number of aromatic nitrogens is 1. The van der Waals surface area contributed by atoms with Crippen molar-refractivity contribution in [3.05, 3.63) is 58.9 Å². The summed E-state index contributed by atoms with van der Waals surface area (Å²) in [6.07, 6.45) is 0.678. The predicted molar refractivity (Wildman–Crippen MR) is 75.1 cm³/mol. The maximum Gasteiger partial charge on any atom is 0.268 e. The van der Waals surface area contributed by atoms with Crippen LogP contribution in [0.1, 0.15) is 34.1 Å². The molecule has 1 fully saturated rings. The lowest BCUT2D eigenvalue weighted by molar-refractivity contribution is 0.0942. The van der Waals surface area contributed by atoms with Gasteiger partial charge in [0.25, 0.3) is 5.91 Å². The van der Waals surface area contributed by atoms with Crippen LogP contribution in [0.2, 0.25) is 0 Å². The average molecular weight is 290 g/mol. The molecule has 0 unspecified atom stereocenters. The summed E-state index contributed by atoms with van der Waals surface area (Å²) < 4.78 is 28.4. The summed E-state index contributed by atoms with van der Waals surface area (Å²) in [5.41, 5.74) is 2.04. The molecule has 1 aromatic carbocycles. The van der Waals surface area contributed by atoms with Crippen LogP contribution >= 0.6 is 0 Å². The van der Waals surface area contributed by atoms with Gasteiger partial charge in [-0.05, 0) is 37.1 Å².